The number of fused-ring (bicyclic) bond motifs is 1. The van der Waals surface area contributed by atoms with E-state index >= 15 is 0 Å². The molecule has 7 nitrogen and oxygen atoms in total. The summed E-state index contributed by atoms with van der Waals surface area (Å²) < 4.78 is 12.6. The fraction of sp³-hybridized carbons (Fsp3) is 0.381. The van der Waals surface area contributed by atoms with Crippen molar-refractivity contribution in [1.29, 1.82) is 0 Å². The van der Waals surface area contributed by atoms with Crippen molar-refractivity contribution in [2.75, 3.05) is 49.6 Å². The van der Waals surface area contributed by atoms with Crippen LogP contribution in [0.3, 0.4) is 0 Å². The second kappa shape index (κ2) is 9.34. The van der Waals surface area contributed by atoms with Gasteiger partial charge in [-0.1, -0.05) is 41.9 Å². The maximum atomic E-state index is 12.6. The average Bonchev–Trinajstić information content (AvgIpc) is 2.74. The lowest BCUT2D eigenvalue weighted by atomic mass is 10.1. The molecule has 0 aliphatic carbocycles. The number of anilines is 2. The molecule has 2 N–H and O–H groups in total. The molecule has 0 radical (unpaired) electrons. The van der Waals surface area contributed by atoms with Gasteiger partial charge in [-0.15, -0.1) is 0 Å². The number of halogens is 1. The summed E-state index contributed by atoms with van der Waals surface area (Å²) in [7, 11) is 2.10. The second-order valence-corrected chi connectivity index (χ2v) is 9.45. The highest BCUT2D eigenvalue weighted by Gasteiger charge is 2.21. The molecule has 9 heteroatoms. The molecule has 0 amide bonds. The molecule has 1 saturated heterocycles. The first-order valence-corrected chi connectivity index (χ1v) is 11.8. The first-order chi connectivity index (χ1) is 14.5. The molecule has 3 heterocycles. The Morgan fingerprint density at radius 1 is 1.13 bits per heavy atom. The van der Waals surface area contributed by atoms with Crippen molar-refractivity contribution in [2.45, 2.75) is 12.2 Å². The lowest BCUT2D eigenvalue weighted by Crippen LogP contribution is -2.45. The number of aromatic nitrogens is 3. The van der Waals surface area contributed by atoms with Crippen LogP contribution in [0.25, 0.3) is 10.9 Å². The van der Waals surface area contributed by atoms with E-state index in [9.17, 15) is 4.55 Å². The second-order valence-electron chi connectivity index (χ2n) is 7.51. The fourth-order valence-electron chi connectivity index (χ4n) is 3.61. The monoisotopic (exact) mass is 444 g/mol. The summed E-state index contributed by atoms with van der Waals surface area (Å²) >= 11 is 5.36. The van der Waals surface area contributed by atoms with Crippen LogP contribution in [0.2, 0.25) is 5.15 Å². The zero-order chi connectivity index (χ0) is 21.1. The standard InChI is InChI=1S/C21H25ClN6OS/c1-27-8-10-28(11-9-27)21-25-17-13-24-19(22)16(18(17)20(23)26-21)7-12-30(29)14-15-5-3-2-4-6-15/h2-6,13H,7-12,14H2,1H3,(H2,23,25,26). The van der Waals surface area contributed by atoms with E-state index in [-0.39, 0.29) is 0 Å². The highest BCUT2D eigenvalue weighted by molar-refractivity contribution is 7.90. The number of hydrogen-bond acceptors (Lipinski definition) is 7. The Morgan fingerprint density at radius 2 is 1.87 bits per heavy atom. The Kier molecular flexibility index (Phi) is 6.58. The van der Waals surface area contributed by atoms with Crippen LogP contribution in [0.1, 0.15) is 11.1 Å². The van der Waals surface area contributed by atoms with Gasteiger partial charge in [0.15, 0.2) is 0 Å². The van der Waals surface area contributed by atoms with Gasteiger partial charge in [0, 0.05) is 43.7 Å². The molecular formula is C21H25ClN6OS. The number of pyridine rings is 1. The molecule has 158 valence electrons. The van der Waals surface area contributed by atoms with Crippen molar-refractivity contribution in [3.8, 4) is 0 Å². The van der Waals surface area contributed by atoms with Gasteiger partial charge in [0.2, 0.25) is 5.95 Å². The SMILES string of the molecule is CN1CCN(c2nc(N)c3c(CC[S+]([O-])Cc4ccccc4)c(Cl)ncc3n2)CC1. The lowest BCUT2D eigenvalue weighted by Gasteiger charge is -2.32. The molecule has 0 saturated carbocycles. The lowest BCUT2D eigenvalue weighted by molar-refractivity contribution is 0.311. The molecular weight excluding hydrogens is 420 g/mol. The van der Waals surface area contributed by atoms with Crippen LogP contribution >= 0.6 is 11.6 Å². The number of benzene rings is 1. The van der Waals surface area contributed by atoms with E-state index in [0.717, 1.165) is 37.3 Å². The molecule has 1 aromatic carbocycles. The third-order valence-electron chi connectivity index (χ3n) is 5.34. The van der Waals surface area contributed by atoms with Crippen molar-refractivity contribution in [3.63, 3.8) is 0 Å². The summed E-state index contributed by atoms with van der Waals surface area (Å²) in [4.78, 5) is 18.0. The maximum absolute atomic E-state index is 12.6. The van der Waals surface area contributed by atoms with Crippen molar-refractivity contribution >= 4 is 45.4 Å². The summed E-state index contributed by atoms with van der Waals surface area (Å²) in [5.41, 5.74) is 8.83. The van der Waals surface area contributed by atoms with Gasteiger partial charge >= 0.3 is 0 Å². The number of rotatable bonds is 6. The molecule has 1 aliphatic rings. The van der Waals surface area contributed by atoms with Crippen LogP contribution in [-0.2, 0) is 23.3 Å². The number of aryl methyl sites for hydroxylation is 1. The number of hydrogen-bond donors (Lipinski definition) is 1. The Morgan fingerprint density at radius 3 is 2.60 bits per heavy atom. The van der Waals surface area contributed by atoms with Crippen molar-refractivity contribution in [1.82, 2.24) is 19.9 Å². The van der Waals surface area contributed by atoms with Crippen molar-refractivity contribution < 1.29 is 4.55 Å². The molecule has 30 heavy (non-hydrogen) atoms. The first kappa shape index (κ1) is 21.1. The quantitative estimate of drug-likeness (QED) is 0.461. The van der Waals surface area contributed by atoms with Gasteiger partial charge in [-0.2, -0.15) is 4.98 Å². The molecule has 2 aromatic heterocycles. The van der Waals surface area contributed by atoms with Crippen LogP contribution in [0.4, 0.5) is 11.8 Å². The number of nitrogens with two attached hydrogens (primary N) is 1. The Labute approximate surface area is 184 Å². The minimum atomic E-state index is -1.02. The molecule has 0 spiro atoms. The average molecular weight is 445 g/mol. The molecule has 1 aliphatic heterocycles. The van der Waals surface area contributed by atoms with E-state index in [4.69, 9.17) is 22.3 Å². The molecule has 1 atom stereocenters. The van der Waals surface area contributed by atoms with Gasteiger partial charge in [0.05, 0.1) is 17.1 Å². The van der Waals surface area contributed by atoms with Crippen LogP contribution in [0, 0.1) is 0 Å². The molecule has 3 aromatic rings. The number of likely N-dealkylation sites (N-methyl/N-ethyl adjacent to an activating group) is 1. The third-order valence-corrected chi connectivity index (χ3v) is 6.98. The summed E-state index contributed by atoms with van der Waals surface area (Å²) in [6.07, 6.45) is 2.14. The summed E-state index contributed by atoms with van der Waals surface area (Å²) in [6, 6.07) is 9.82. The predicted octanol–water partition coefficient (Wildman–Crippen LogP) is 2.50. The Hall–Kier alpha value is -2.13. The zero-order valence-electron chi connectivity index (χ0n) is 16.9. The van der Waals surface area contributed by atoms with Crippen LogP contribution in [0.5, 0.6) is 0 Å². The zero-order valence-corrected chi connectivity index (χ0v) is 18.5. The Balaban J connectivity index is 1.55. The predicted molar refractivity (Wildman–Crippen MR) is 123 cm³/mol. The molecule has 4 rings (SSSR count). The first-order valence-electron chi connectivity index (χ1n) is 9.94. The fourth-order valence-corrected chi connectivity index (χ4v) is 4.99. The van der Waals surface area contributed by atoms with Crippen LogP contribution in [-0.4, -0.2) is 63.4 Å². The van der Waals surface area contributed by atoms with E-state index in [2.05, 4.69) is 26.8 Å². The third kappa shape index (κ3) is 4.78. The van der Waals surface area contributed by atoms with E-state index in [0.29, 0.717) is 45.7 Å². The minimum absolute atomic E-state index is 0.363. The van der Waals surface area contributed by atoms with E-state index in [1.807, 2.05) is 30.3 Å². The van der Waals surface area contributed by atoms with E-state index < -0.39 is 11.2 Å². The van der Waals surface area contributed by atoms with Gasteiger partial charge in [-0.25, -0.2) is 9.97 Å². The number of nitrogens with zero attached hydrogens (tertiary/aromatic N) is 5. The van der Waals surface area contributed by atoms with Gasteiger partial charge in [-0.05, 0) is 18.2 Å². The van der Waals surface area contributed by atoms with E-state index in [1.54, 1.807) is 6.20 Å². The van der Waals surface area contributed by atoms with Crippen molar-refractivity contribution in [2.24, 2.45) is 0 Å². The normalized spacial score (nSPS) is 16.2. The summed E-state index contributed by atoms with van der Waals surface area (Å²) in [5.74, 6) is 1.99. The highest BCUT2D eigenvalue weighted by atomic mass is 35.5. The number of nitrogen functional groups attached to an aromatic ring is 1. The van der Waals surface area contributed by atoms with Crippen LogP contribution < -0.4 is 10.6 Å². The van der Waals surface area contributed by atoms with Gasteiger partial charge < -0.3 is 20.1 Å². The van der Waals surface area contributed by atoms with E-state index in [1.165, 1.54) is 0 Å². The topological polar surface area (TPSA) is 94.2 Å². The van der Waals surface area contributed by atoms with Gasteiger partial charge in [-0.3, -0.25) is 0 Å². The largest absolute Gasteiger partial charge is 0.616 e. The summed E-state index contributed by atoms with van der Waals surface area (Å²) in [6.45, 7) is 3.62. The number of piperazine rings is 1. The van der Waals surface area contributed by atoms with Crippen LogP contribution in [0.15, 0.2) is 36.5 Å². The van der Waals surface area contributed by atoms with Gasteiger partial charge in [0.25, 0.3) is 0 Å². The molecule has 1 fully saturated rings. The molecule has 0 bridgehead atoms. The maximum Gasteiger partial charge on any atom is 0.228 e. The van der Waals surface area contributed by atoms with Gasteiger partial charge in [0.1, 0.15) is 22.5 Å². The minimum Gasteiger partial charge on any atom is -0.616 e. The Bertz CT molecular complexity index is 1010. The summed E-state index contributed by atoms with van der Waals surface area (Å²) in [5, 5.41) is 1.08. The van der Waals surface area contributed by atoms with Crippen molar-refractivity contribution in [3.05, 3.63) is 52.8 Å². The highest BCUT2D eigenvalue weighted by Crippen LogP contribution is 2.29. The molecule has 1 unspecified atom stereocenters. The smallest absolute Gasteiger partial charge is 0.228 e.